The van der Waals surface area contributed by atoms with E-state index in [0.717, 1.165) is 6.07 Å². The number of benzene rings is 3. The predicted octanol–water partition coefficient (Wildman–Crippen LogP) is 3.60. The smallest absolute Gasteiger partial charge is 0.270 e. The summed E-state index contributed by atoms with van der Waals surface area (Å²) in [7, 11) is 1.53. The molecule has 1 aliphatic rings. The van der Waals surface area contributed by atoms with Crippen LogP contribution in [0.15, 0.2) is 72.8 Å². The number of anilines is 3. The molecule has 10 nitrogen and oxygen atoms in total. The summed E-state index contributed by atoms with van der Waals surface area (Å²) < 4.78 is 5.10. The van der Waals surface area contributed by atoms with E-state index in [1.165, 1.54) is 30.2 Å². The van der Waals surface area contributed by atoms with Gasteiger partial charge in [-0.25, -0.2) is 0 Å². The minimum absolute atomic E-state index is 0.0271. The van der Waals surface area contributed by atoms with Crippen molar-refractivity contribution < 1.29 is 24.0 Å². The van der Waals surface area contributed by atoms with E-state index in [4.69, 9.17) is 4.74 Å². The molecule has 34 heavy (non-hydrogen) atoms. The van der Waals surface area contributed by atoms with Crippen molar-refractivity contribution in [2.45, 2.75) is 12.5 Å². The van der Waals surface area contributed by atoms with Crippen molar-refractivity contribution in [3.63, 3.8) is 0 Å². The number of nitro benzene ring substituents is 1. The van der Waals surface area contributed by atoms with Crippen molar-refractivity contribution in [1.29, 1.82) is 0 Å². The Kier molecular flexibility index (Phi) is 6.22. The number of carbonyl (C=O) groups excluding carboxylic acids is 3. The number of nitrogens with one attached hydrogen (secondary N) is 2. The van der Waals surface area contributed by atoms with Crippen molar-refractivity contribution in [1.82, 2.24) is 0 Å². The van der Waals surface area contributed by atoms with Crippen LogP contribution in [0.4, 0.5) is 22.7 Å². The second-order valence-electron chi connectivity index (χ2n) is 7.49. The molecule has 0 radical (unpaired) electrons. The van der Waals surface area contributed by atoms with E-state index in [0.29, 0.717) is 22.8 Å². The predicted molar refractivity (Wildman–Crippen MR) is 125 cm³/mol. The SMILES string of the molecule is COc1ccc(NC(=O)C[C@H]2C(=O)Nc3ccccc3N2C(=O)c2cccc([N+](=O)[O-])c2)cc1. The molecular weight excluding hydrogens is 440 g/mol. The molecular formula is C24H20N4O6. The lowest BCUT2D eigenvalue weighted by Crippen LogP contribution is -2.52. The van der Waals surface area contributed by atoms with E-state index in [1.54, 1.807) is 48.5 Å². The van der Waals surface area contributed by atoms with Gasteiger partial charge < -0.3 is 15.4 Å². The average molecular weight is 460 g/mol. The molecule has 3 amide bonds. The standard InChI is InChI=1S/C24H20N4O6/c1-34-18-11-9-16(10-12-18)25-22(29)14-21-23(30)26-19-7-2-3-8-20(19)27(21)24(31)15-5-4-6-17(13-15)28(32)33/h2-13,21H,14H2,1H3,(H,25,29)(H,26,30)/t21-/m0/s1. The fourth-order valence-electron chi connectivity index (χ4n) is 3.68. The zero-order valence-electron chi connectivity index (χ0n) is 18.1. The largest absolute Gasteiger partial charge is 0.497 e. The molecule has 1 heterocycles. The zero-order chi connectivity index (χ0) is 24.2. The number of carbonyl (C=O) groups is 3. The van der Waals surface area contributed by atoms with Crippen LogP contribution in [0.1, 0.15) is 16.8 Å². The molecule has 4 rings (SSSR count). The van der Waals surface area contributed by atoms with Gasteiger partial charge in [-0.05, 0) is 42.5 Å². The maximum atomic E-state index is 13.5. The van der Waals surface area contributed by atoms with Crippen molar-refractivity contribution in [3.05, 3.63) is 88.5 Å². The Bertz CT molecular complexity index is 1270. The summed E-state index contributed by atoms with van der Waals surface area (Å²) in [4.78, 5) is 51.0. The number of hydrogen-bond acceptors (Lipinski definition) is 6. The molecule has 1 atom stereocenters. The Morgan fingerprint density at radius 1 is 1.09 bits per heavy atom. The number of nitrogens with zero attached hydrogens (tertiary/aromatic N) is 2. The van der Waals surface area contributed by atoms with E-state index in [9.17, 15) is 24.5 Å². The van der Waals surface area contributed by atoms with Crippen LogP contribution in [0.2, 0.25) is 0 Å². The number of fused-ring (bicyclic) bond motifs is 1. The van der Waals surface area contributed by atoms with Crippen LogP contribution in [0.25, 0.3) is 0 Å². The molecule has 0 bridgehead atoms. The van der Waals surface area contributed by atoms with Gasteiger partial charge in [0.2, 0.25) is 11.8 Å². The highest BCUT2D eigenvalue weighted by Crippen LogP contribution is 2.34. The van der Waals surface area contributed by atoms with Crippen molar-refractivity contribution in [2.75, 3.05) is 22.6 Å². The third-order valence-corrected chi connectivity index (χ3v) is 5.31. The molecule has 0 fully saturated rings. The number of para-hydroxylation sites is 2. The van der Waals surface area contributed by atoms with Gasteiger partial charge in [-0.2, -0.15) is 0 Å². The third-order valence-electron chi connectivity index (χ3n) is 5.31. The number of rotatable bonds is 6. The summed E-state index contributed by atoms with van der Waals surface area (Å²) in [5, 5.41) is 16.6. The molecule has 10 heteroatoms. The summed E-state index contributed by atoms with van der Waals surface area (Å²) in [6, 6.07) is 17.4. The molecule has 0 aromatic heterocycles. The van der Waals surface area contributed by atoms with Crippen LogP contribution in [0.5, 0.6) is 5.75 Å². The average Bonchev–Trinajstić information content (AvgIpc) is 2.84. The lowest BCUT2D eigenvalue weighted by molar-refractivity contribution is -0.384. The van der Waals surface area contributed by atoms with E-state index in [-0.39, 0.29) is 17.7 Å². The summed E-state index contributed by atoms with van der Waals surface area (Å²) >= 11 is 0. The van der Waals surface area contributed by atoms with Gasteiger partial charge in [0.1, 0.15) is 11.8 Å². The first-order chi connectivity index (χ1) is 16.4. The molecule has 2 N–H and O–H groups in total. The maximum Gasteiger partial charge on any atom is 0.270 e. The lowest BCUT2D eigenvalue weighted by atomic mass is 10.0. The first kappa shape index (κ1) is 22.5. The number of ether oxygens (including phenoxy) is 1. The quantitative estimate of drug-likeness (QED) is 0.427. The topological polar surface area (TPSA) is 131 Å². The van der Waals surface area contributed by atoms with E-state index >= 15 is 0 Å². The Labute approximate surface area is 194 Å². The zero-order valence-corrected chi connectivity index (χ0v) is 18.1. The highest BCUT2D eigenvalue weighted by molar-refractivity contribution is 6.18. The van der Waals surface area contributed by atoms with Crippen LogP contribution >= 0.6 is 0 Å². The molecule has 1 aliphatic heterocycles. The Morgan fingerprint density at radius 2 is 1.82 bits per heavy atom. The fourth-order valence-corrected chi connectivity index (χ4v) is 3.68. The number of amides is 3. The van der Waals surface area contributed by atoms with Gasteiger partial charge in [-0.3, -0.25) is 29.4 Å². The summed E-state index contributed by atoms with van der Waals surface area (Å²) in [6.45, 7) is 0. The van der Waals surface area contributed by atoms with Crippen molar-refractivity contribution in [2.24, 2.45) is 0 Å². The minimum Gasteiger partial charge on any atom is -0.497 e. The molecule has 0 saturated heterocycles. The highest BCUT2D eigenvalue weighted by atomic mass is 16.6. The van der Waals surface area contributed by atoms with E-state index in [2.05, 4.69) is 10.6 Å². The third kappa shape index (κ3) is 4.56. The second-order valence-corrected chi connectivity index (χ2v) is 7.49. The highest BCUT2D eigenvalue weighted by Gasteiger charge is 2.38. The van der Waals surface area contributed by atoms with E-state index in [1.807, 2.05) is 0 Å². The Morgan fingerprint density at radius 3 is 2.53 bits per heavy atom. The Hall–Kier alpha value is -4.73. The van der Waals surface area contributed by atoms with Gasteiger partial charge in [0.25, 0.3) is 11.6 Å². The number of methoxy groups -OCH3 is 1. The molecule has 3 aromatic carbocycles. The van der Waals surface area contributed by atoms with Gasteiger partial charge in [-0.1, -0.05) is 18.2 Å². The number of non-ortho nitro benzene ring substituents is 1. The van der Waals surface area contributed by atoms with Gasteiger partial charge in [0.05, 0.1) is 29.8 Å². The van der Waals surface area contributed by atoms with Gasteiger partial charge in [0.15, 0.2) is 0 Å². The van der Waals surface area contributed by atoms with Crippen molar-refractivity contribution in [3.8, 4) is 5.75 Å². The van der Waals surface area contributed by atoms with Crippen LogP contribution in [-0.4, -0.2) is 35.8 Å². The van der Waals surface area contributed by atoms with Gasteiger partial charge >= 0.3 is 0 Å². The molecule has 0 spiro atoms. The first-order valence-electron chi connectivity index (χ1n) is 10.3. The summed E-state index contributed by atoms with van der Waals surface area (Å²) in [5.74, 6) is -1.04. The van der Waals surface area contributed by atoms with Gasteiger partial charge in [0, 0.05) is 23.4 Å². The fraction of sp³-hybridized carbons (Fsp3) is 0.125. The molecule has 172 valence electrons. The minimum atomic E-state index is -1.17. The molecule has 0 aliphatic carbocycles. The van der Waals surface area contributed by atoms with Gasteiger partial charge in [-0.15, -0.1) is 0 Å². The summed E-state index contributed by atoms with van der Waals surface area (Å²) in [6.07, 6.45) is -0.327. The van der Waals surface area contributed by atoms with E-state index < -0.39 is 28.7 Å². The maximum absolute atomic E-state index is 13.5. The molecule has 3 aromatic rings. The van der Waals surface area contributed by atoms with Crippen LogP contribution in [0, 0.1) is 10.1 Å². The number of hydrogen-bond donors (Lipinski definition) is 2. The van der Waals surface area contributed by atoms with Crippen LogP contribution in [0.3, 0.4) is 0 Å². The first-order valence-corrected chi connectivity index (χ1v) is 10.3. The number of nitro groups is 1. The Balaban J connectivity index is 1.65. The lowest BCUT2D eigenvalue weighted by Gasteiger charge is -2.36. The monoisotopic (exact) mass is 460 g/mol. The van der Waals surface area contributed by atoms with Crippen LogP contribution in [-0.2, 0) is 9.59 Å². The molecule has 0 saturated carbocycles. The van der Waals surface area contributed by atoms with Crippen molar-refractivity contribution >= 4 is 40.5 Å². The van der Waals surface area contributed by atoms with Crippen LogP contribution < -0.4 is 20.3 Å². The molecule has 0 unspecified atom stereocenters. The summed E-state index contributed by atoms with van der Waals surface area (Å²) in [5.41, 5.74) is 1.06. The second kappa shape index (κ2) is 9.41. The normalized spacial score (nSPS) is 14.6.